The van der Waals surface area contributed by atoms with Crippen molar-refractivity contribution in [2.75, 3.05) is 19.6 Å². The number of hydrogen-bond acceptors (Lipinski definition) is 4. The zero-order valence-corrected chi connectivity index (χ0v) is 15.4. The van der Waals surface area contributed by atoms with Crippen molar-refractivity contribution in [3.05, 3.63) is 59.2 Å². The molecule has 0 radical (unpaired) electrons. The second kappa shape index (κ2) is 7.54. The summed E-state index contributed by atoms with van der Waals surface area (Å²) in [5, 5.41) is 0. The number of hydrogen-bond donors (Lipinski definition) is 0. The summed E-state index contributed by atoms with van der Waals surface area (Å²) in [5.74, 6) is 1.36. The fourth-order valence-electron chi connectivity index (χ4n) is 4.04. The minimum absolute atomic E-state index is 0.157. The van der Waals surface area contributed by atoms with Crippen molar-refractivity contribution in [1.29, 1.82) is 0 Å². The number of aromatic nitrogens is 2. The van der Waals surface area contributed by atoms with Crippen LogP contribution >= 0.6 is 0 Å². The second-order valence-corrected chi connectivity index (χ2v) is 7.45. The molecule has 26 heavy (non-hydrogen) atoms. The molecule has 2 aliphatic rings. The number of benzene rings is 1. The highest BCUT2D eigenvalue weighted by molar-refractivity contribution is 5.73. The third kappa shape index (κ3) is 3.78. The Morgan fingerprint density at radius 3 is 2.88 bits per heavy atom. The maximum absolute atomic E-state index is 11.7. The first-order chi connectivity index (χ1) is 12.7. The Labute approximate surface area is 155 Å². The average Bonchev–Trinajstić information content (AvgIpc) is 2.68. The number of nitrogens with zero attached hydrogens (tertiary/aromatic N) is 4. The molecular weight excluding hydrogens is 324 g/mol. The van der Waals surface area contributed by atoms with Gasteiger partial charge in [-0.25, -0.2) is 9.97 Å². The van der Waals surface area contributed by atoms with E-state index in [1.54, 1.807) is 6.92 Å². The number of fused-ring (bicyclic) bond motifs is 1. The standard InChI is InChI=1S/C21H26N4O/c1-16(26)25-10-5-8-18(15-25)21-22-12-19-14-24(11-9-20(19)23-21)13-17-6-3-2-4-7-17/h2-4,6-7,12,18H,5,8-11,13-15H2,1H3. The van der Waals surface area contributed by atoms with Crippen LogP contribution < -0.4 is 0 Å². The molecule has 1 aromatic carbocycles. The molecule has 5 nitrogen and oxygen atoms in total. The van der Waals surface area contributed by atoms with Gasteiger partial charge >= 0.3 is 0 Å². The average molecular weight is 350 g/mol. The van der Waals surface area contributed by atoms with Gasteiger partial charge in [-0.2, -0.15) is 0 Å². The summed E-state index contributed by atoms with van der Waals surface area (Å²) >= 11 is 0. The van der Waals surface area contributed by atoms with Gasteiger partial charge in [-0.15, -0.1) is 0 Å². The van der Waals surface area contributed by atoms with Gasteiger partial charge in [0.25, 0.3) is 0 Å². The molecule has 1 saturated heterocycles. The van der Waals surface area contributed by atoms with Crippen LogP contribution in [0.3, 0.4) is 0 Å². The molecular formula is C21H26N4O. The van der Waals surface area contributed by atoms with Crippen LogP contribution in [0.4, 0.5) is 0 Å². The van der Waals surface area contributed by atoms with Gasteiger partial charge in [0.15, 0.2) is 0 Å². The Hall–Kier alpha value is -2.27. The Kier molecular flexibility index (Phi) is 4.98. The van der Waals surface area contributed by atoms with E-state index in [4.69, 9.17) is 4.98 Å². The van der Waals surface area contributed by atoms with Crippen LogP contribution in [-0.4, -0.2) is 45.3 Å². The van der Waals surface area contributed by atoms with Crippen molar-refractivity contribution >= 4 is 5.91 Å². The molecule has 1 unspecified atom stereocenters. The Morgan fingerprint density at radius 1 is 1.23 bits per heavy atom. The molecule has 136 valence electrons. The first-order valence-corrected chi connectivity index (χ1v) is 9.55. The van der Waals surface area contributed by atoms with Crippen LogP contribution in [0.15, 0.2) is 36.5 Å². The fraction of sp³-hybridized carbons (Fsp3) is 0.476. The van der Waals surface area contributed by atoms with Crippen molar-refractivity contribution in [1.82, 2.24) is 19.8 Å². The topological polar surface area (TPSA) is 49.3 Å². The third-order valence-electron chi connectivity index (χ3n) is 5.51. The molecule has 1 aromatic heterocycles. The largest absolute Gasteiger partial charge is 0.342 e. The van der Waals surface area contributed by atoms with Gasteiger partial charge in [-0.05, 0) is 18.4 Å². The Balaban J connectivity index is 1.44. The summed E-state index contributed by atoms with van der Waals surface area (Å²) in [6.07, 6.45) is 5.10. The van der Waals surface area contributed by atoms with Crippen LogP contribution in [0.1, 0.15) is 48.3 Å². The number of carbonyl (C=O) groups excluding carboxylic acids is 1. The van der Waals surface area contributed by atoms with E-state index >= 15 is 0 Å². The number of piperidine rings is 1. The molecule has 3 heterocycles. The zero-order valence-electron chi connectivity index (χ0n) is 15.4. The van der Waals surface area contributed by atoms with Gasteiger partial charge in [0.1, 0.15) is 5.82 Å². The third-order valence-corrected chi connectivity index (χ3v) is 5.51. The molecule has 0 spiro atoms. The molecule has 0 aliphatic carbocycles. The van der Waals surface area contributed by atoms with Gasteiger partial charge in [0.05, 0.1) is 0 Å². The maximum Gasteiger partial charge on any atom is 0.219 e. The number of rotatable bonds is 3. The Bertz CT molecular complexity index is 777. The van der Waals surface area contributed by atoms with E-state index < -0.39 is 0 Å². The molecule has 2 aliphatic heterocycles. The molecule has 2 aromatic rings. The second-order valence-electron chi connectivity index (χ2n) is 7.45. The smallest absolute Gasteiger partial charge is 0.219 e. The van der Waals surface area contributed by atoms with Crippen molar-refractivity contribution in [3.63, 3.8) is 0 Å². The molecule has 1 amide bonds. The van der Waals surface area contributed by atoms with E-state index in [0.717, 1.165) is 57.8 Å². The molecule has 0 saturated carbocycles. The van der Waals surface area contributed by atoms with Crippen molar-refractivity contribution in [3.8, 4) is 0 Å². The highest BCUT2D eigenvalue weighted by atomic mass is 16.2. The molecule has 5 heteroatoms. The normalized spacial score (nSPS) is 20.7. The van der Waals surface area contributed by atoms with Gasteiger partial charge in [0.2, 0.25) is 5.91 Å². The minimum atomic E-state index is 0.157. The molecule has 0 N–H and O–H groups in total. The first kappa shape index (κ1) is 17.2. The summed E-state index contributed by atoms with van der Waals surface area (Å²) in [5.41, 5.74) is 3.79. The highest BCUT2D eigenvalue weighted by Crippen LogP contribution is 2.26. The molecule has 1 atom stereocenters. The van der Waals surface area contributed by atoms with E-state index in [0.29, 0.717) is 0 Å². The van der Waals surface area contributed by atoms with Crippen LogP contribution in [0.2, 0.25) is 0 Å². The summed E-state index contributed by atoms with van der Waals surface area (Å²) in [4.78, 5) is 25.6. The minimum Gasteiger partial charge on any atom is -0.342 e. The van der Waals surface area contributed by atoms with Crippen LogP contribution in [0.25, 0.3) is 0 Å². The van der Waals surface area contributed by atoms with E-state index in [1.807, 2.05) is 11.1 Å². The van der Waals surface area contributed by atoms with Gasteiger partial charge in [0, 0.05) is 69.4 Å². The lowest BCUT2D eigenvalue weighted by atomic mass is 9.96. The summed E-state index contributed by atoms with van der Waals surface area (Å²) in [7, 11) is 0. The molecule has 1 fully saturated rings. The van der Waals surface area contributed by atoms with Gasteiger partial charge < -0.3 is 4.90 Å². The lowest BCUT2D eigenvalue weighted by Crippen LogP contribution is -2.38. The predicted molar refractivity (Wildman–Crippen MR) is 101 cm³/mol. The summed E-state index contributed by atoms with van der Waals surface area (Å²) < 4.78 is 0. The number of likely N-dealkylation sites (tertiary alicyclic amines) is 1. The summed E-state index contributed by atoms with van der Waals surface area (Å²) in [6, 6.07) is 10.6. The van der Waals surface area contributed by atoms with Gasteiger partial charge in [-0.3, -0.25) is 9.69 Å². The van der Waals surface area contributed by atoms with Crippen LogP contribution in [-0.2, 0) is 24.3 Å². The van der Waals surface area contributed by atoms with Crippen molar-refractivity contribution < 1.29 is 4.79 Å². The fourth-order valence-corrected chi connectivity index (χ4v) is 4.04. The SMILES string of the molecule is CC(=O)N1CCCC(c2ncc3c(n2)CCN(Cc2ccccc2)C3)C1. The van der Waals surface area contributed by atoms with Gasteiger partial charge in [-0.1, -0.05) is 30.3 Å². The maximum atomic E-state index is 11.7. The predicted octanol–water partition coefficient (Wildman–Crippen LogP) is 2.76. The van der Waals surface area contributed by atoms with Crippen LogP contribution in [0, 0.1) is 0 Å². The lowest BCUT2D eigenvalue weighted by Gasteiger charge is -2.32. The molecule has 4 rings (SSSR count). The highest BCUT2D eigenvalue weighted by Gasteiger charge is 2.26. The van der Waals surface area contributed by atoms with E-state index in [2.05, 4.69) is 40.2 Å². The van der Waals surface area contributed by atoms with Crippen LogP contribution in [0.5, 0.6) is 0 Å². The van der Waals surface area contributed by atoms with E-state index in [1.165, 1.54) is 16.8 Å². The number of amides is 1. The molecule has 0 bridgehead atoms. The Morgan fingerprint density at radius 2 is 2.08 bits per heavy atom. The van der Waals surface area contributed by atoms with E-state index in [-0.39, 0.29) is 11.8 Å². The lowest BCUT2D eigenvalue weighted by molar-refractivity contribution is -0.130. The zero-order chi connectivity index (χ0) is 17.9. The first-order valence-electron chi connectivity index (χ1n) is 9.55. The van der Waals surface area contributed by atoms with E-state index in [9.17, 15) is 4.79 Å². The van der Waals surface area contributed by atoms with Crippen molar-refractivity contribution in [2.24, 2.45) is 0 Å². The number of carbonyl (C=O) groups is 1. The summed E-state index contributed by atoms with van der Waals surface area (Å²) in [6.45, 7) is 6.19. The monoisotopic (exact) mass is 350 g/mol. The quantitative estimate of drug-likeness (QED) is 0.854. The van der Waals surface area contributed by atoms with Crippen molar-refractivity contribution in [2.45, 2.75) is 45.2 Å².